The summed E-state index contributed by atoms with van der Waals surface area (Å²) in [6.07, 6.45) is 5.25. The molecule has 3 N–H and O–H groups in total. The molecular weight excluding hydrogens is 332 g/mol. The van der Waals surface area contributed by atoms with Crippen molar-refractivity contribution in [3.63, 3.8) is 0 Å². The molecule has 0 heterocycles. The van der Waals surface area contributed by atoms with Crippen molar-refractivity contribution in [2.45, 2.75) is 71.8 Å². The van der Waals surface area contributed by atoms with Gasteiger partial charge in [-0.25, -0.2) is 0 Å². The second kappa shape index (κ2) is 8.40. The number of ether oxygens (including phenoxy) is 1. The maximum atomic E-state index is 13.0. The number of carbonyl (C=O) groups excluding carboxylic acids is 3. The molecular formula is C20H34N2O4. The first-order valence-electron chi connectivity index (χ1n) is 9.95. The van der Waals surface area contributed by atoms with Crippen molar-refractivity contribution in [1.82, 2.24) is 5.32 Å². The van der Waals surface area contributed by atoms with Crippen molar-refractivity contribution < 1.29 is 19.1 Å². The monoisotopic (exact) mass is 366 g/mol. The standard InChI is InChI=1S/C20H34N2O4/c1-12-5-7-14(3)16(9-12)18(24)26-20(19(25)22-11-17(21)23)10-13(2)6-8-15(20)4/h12-16H,5-11H2,1-4H3,(H2,21,23)(H,22,25). The summed E-state index contributed by atoms with van der Waals surface area (Å²) in [7, 11) is 0. The minimum Gasteiger partial charge on any atom is -0.448 e. The summed E-state index contributed by atoms with van der Waals surface area (Å²) >= 11 is 0. The Bertz CT molecular complexity index is 550. The Morgan fingerprint density at radius 2 is 1.69 bits per heavy atom. The molecule has 0 bridgehead atoms. The van der Waals surface area contributed by atoms with Gasteiger partial charge in [-0.05, 0) is 43.4 Å². The lowest BCUT2D eigenvalue weighted by Gasteiger charge is -2.44. The van der Waals surface area contributed by atoms with Crippen LogP contribution in [0.5, 0.6) is 0 Å². The average Bonchev–Trinajstić information content (AvgIpc) is 2.57. The molecule has 0 aliphatic heterocycles. The van der Waals surface area contributed by atoms with E-state index in [0.29, 0.717) is 12.3 Å². The molecule has 26 heavy (non-hydrogen) atoms. The zero-order valence-electron chi connectivity index (χ0n) is 16.5. The third-order valence-corrected chi connectivity index (χ3v) is 6.39. The van der Waals surface area contributed by atoms with Crippen LogP contribution in [0.1, 0.15) is 66.2 Å². The summed E-state index contributed by atoms with van der Waals surface area (Å²) in [5.74, 6) is -0.478. The molecule has 0 spiro atoms. The Morgan fingerprint density at radius 1 is 1.04 bits per heavy atom. The largest absolute Gasteiger partial charge is 0.448 e. The van der Waals surface area contributed by atoms with Crippen molar-refractivity contribution in [2.75, 3.05) is 6.54 Å². The molecule has 6 nitrogen and oxygen atoms in total. The third kappa shape index (κ3) is 4.57. The number of primary amides is 1. The molecule has 0 aromatic rings. The van der Waals surface area contributed by atoms with Crippen molar-refractivity contribution in [1.29, 1.82) is 0 Å². The summed E-state index contributed by atoms with van der Waals surface area (Å²) in [5, 5.41) is 2.58. The van der Waals surface area contributed by atoms with E-state index in [1.165, 1.54) is 0 Å². The van der Waals surface area contributed by atoms with Crippen LogP contribution < -0.4 is 11.1 Å². The van der Waals surface area contributed by atoms with Crippen molar-refractivity contribution in [3.8, 4) is 0 Å². The molecule has 2 fully saturated rings. The number of rotatable bonds is 5. The number of hydrogen-bond donors (Lipinski definition) is 2. The van der Waals surface area contributed by atoms with Gasteiger partial charge < -0.3 is 15.8 Å². The number of nitrogens with one attached hydrogen (secondary N) is 1. The molecule has 2 saturated carbocycles. The first-order valence-corrected chi connectivity index (χ1v) is 9.95. The topological polar surface area (TPSA) is 98.5 Å². The number of nitrogens with two attached hydrogens (primary N) is 1. The van der Waals surface area contributed by atoms with Gasteiger partial charge in [0.1, 0.15) is 0 Å². The van der Waals surface area contributed by atoms with Gasteiger partial charge >= 0.3 is 5.97 Å². The Kier molecular flexibility index (Phi) is 6.69. The van der Waals surface area contributed by atoms with Crippen LogP contribution in [0.4, 0.5) is 0 Å². The van der Waals surface area contributed by atoms with Gasteiger partial charge in [0.05, 0.1) is 12.5 Å². The van der Waals surface area contributed by atoms with E-state index in [2.05, 4.69) is 26.1 Å². The molecule has 6 unspecified atom stereocenters. The fourth-order valence-corrected chi connectivity index (χ4v) is 4.53. The van der Waals surface area contributed by atoms with E-state index in [9.17, 15) is 14.4 Å². The smallest absolute Gasteiger partial charge is 0.310 e. The average molecular weight is 367 g/mol. The van der Waals surface area contributed by atoms with Crippen molar-refractivity contribution in [2.24, 2.45) is 35.3 Å². The number of amides is 2. The van der Waals surface area contributed by atoms with Crippen LogP contribution in [0.25, 0.3) is 0 Å². The molecule has 0 aromatic heterocycles. The highest BCUT2D eigenvalue weighted by molar-refractivity contribution is 5.91. The molecule has 2 aliphatic rings. The van der Waals surface area contributed by atoms with E-state index in [4.69, 9.17) is 10.5 Å². The minimum absolute atomic E-state index is 0.0909. The Hall–Kier alpha value is -1.59. The molecule has 148 valence electrons. The number of carbonyl (C=O) groups is 3. The predicted octanol–water partition coefficient (Wildman–Crippen LogP) is 2.40. The first kappa shape index (κ1) is 20.7. The lowest BCUT2D eigenvalue weighted by molar-refractivity contribution is -0.187. The lowest BCUT2D eigenvalue weighted by atomic mass is 9.70. The summed E-state index contributed by atoms with van der Waals surface area (Å²) in [6.45, 7) is 8.03. The molecule has 2 aliphatic carbocycles. The van der Waals surface area contributed by atoms with Crippen LogP contribution in [0.3, 0.4) is 0 Å². The van der Waals surface area contributed by atoms with E-state index in [0.717, 1.165) is 32.1 Å². The normalized spacial score (nSPS) is 37.6. The maximum absolute atomic E-state index is 13.0. The van der Waals surface area contributed by atoms with E-state index in [1.807, 2.05) is 6.92 Å². The zero-order chi connectivity index (χ0) is 19.5. The predicted molar refractivity (Wildman–Crippen MR) is 98.9 cm³/mol. The van der Waals surface area contributed by atoms with Crippen LogP contribution in [-0.4, -0.2) is 29.9 Å². The van der Waals surface area contributed by atoms with Gasteiger partial charge in [0.2, 0.25) is 5.91 Å². The Labute approximate surface area is 156 Å². The maximum Gasteiger partial charge on any atom is 0.310 e. The number of esters is 1. The van der Waals surface area contributed by atoms with Gasteiger partial charge in [0, 0.05) is 5.92 Å². The molecule has 2 amide bonds. The molecule has 6 heteroatoms. The summed E-state index contributed by atoms with van der Waals surface area (Å²) in [4.78, 5) is 37.1. The van der Waals surface area contributed by atoms with Crippen LogP contribution in [0, 0.1) is 29.6 Å². The van der Waals surface area contributed by atoms with Crippen LogP contribution in [-0.2, 0) is 19.1 Å². The van der Waals surface area contributed by atoms with E-state index < -0.39 is 11.5 Å². The SMILES string of the molecule is CC1CCC(C)C(C(=O)OC2(C(=O)NCC(N)=O)CC(C)CCC2C)C1. The van der Waals surface area contributed by atoms with Gasteiger partial charge in [0.25, 0.3) is 5.91 Å². The van der Waals surface area contributed by atoms with Gasteiger partial charge in [-0.2, -0.15) is 0 Å². The molecule has 0 aromatic carbocycles. The van der Waals surface area contributed by atoms with Gasteiger partial charge in [-0.1, -0.05) is 40.5 Å². The highest BCUT2D eigenvalue weighted by Crippen LogP contribution is 2.42. The first-order chi connectivity index (χ1) is 12.2. The third-order valence-electron chi connectivity index (χ3n) is 6.39. The molecule has 2 rings (SSSR count). The molecule has 6 atom stereocenters. The van der Waals surface area contributed by atoms with E-state index in [1.54, 1.807) is 0 Å². The fraction of sp³-hybridized carbons (Fsp3) is 0.850. The van der Waals surface area contributed by atoms with Crippen LogP contribution in [0.2, 0.25) is 0 Å². The quantitative estimate of drug-likeness (QED) is 0.730. The minimum atomic E-state index is -1.20. The molecule has 0 saturated heterocycles. The fourth-order valence-electron chi connectivity index (χ4n) is 4.53. The highest BCUT2D eigenvalue weighted by atomic mass is 16.6. The van der Waals surface area contributed by atoms with E-state index in [-0.39, 0.29) is 42.1 Å². The number of hydrogen-bond acceptors (Lipinski definition) is 4. The molecule has 0 radical (unpaired) electrons. The van der Waals surface area contributed by atoms with Gasteiger partial charge in [-0.3, -0.25) is 14.4 Å². The second-order valence-electron chi connectivity index (χ2n) is 8.75. The van der Waals surface area contributed by atoms with Crippen molar-refractivity contribution in [3.05, 3.63) is 0 Å². The van der Waals surface area contributed by atoms with Gasteiger partial charge in [-0.15, -0.1) is 0 Å². The van der Waals surface area contributed by atoms with Crippen molar-refractivity contribution >= 4 is 17.8 Å². The highest BCUT2D eigenvalue weighted by Gasteiger charge is 2.51. The van der Waals surface area contributed by atoms with Gasteiger partial charge in [0.15, 0.2) is 5.60 Å². The summed E-state index contributed by atoms with van der Waals surface area (Å²) < 4.78 is 6.01. The zero-order valence-corrected chi connectivity index (χ0v) is 16.5. The second-order valence-corrected chi connectivity index (χ2v) is 8.75. The van der Waals surface area contributed by atoms with Crippen LogP contribution >= 0.6 is 0 Å². The van der Waals surface area contributed by atoms with Crippen LogP contribution in [0.15, 0.2) is 0 Å². The Balaban J connectivity index is 2.21. The van der Waals surface area contributed by atoms with E-state index >= 15 is 0 Å². The summed E-state index contributed by atoms with van der Waals surface area (Å²) in [6, 6.07) is 0. The Morgan fingerprint density at radius 3 is 2.35 bits per heavy atom. The lowest BCUT2D eigenvalue weighted by Crippen LogP contribution is -2.58. The summed E-state index contributed by atoms with van der Waals surface area (Å²) in [5.41, 5.74) is 3.96.